The van der Waals surface area contributed by atoms with E-state index in [1.807, 2.05) is 72.8 Å². The summed E-state index contributed by atoms with van der Waals surface area (Å²) in [5, 5.41) is 0. The zero-order chi connectivity index (χ0) is 18.2. The van der Waals surface area contributed by atoms with Crippen molar-refractivity contribution in [1.29, 1.82) is 0 Å². The van der Waals surface area contributed by atoms with Crippen LogP contribution in [0.2, 0.25) is 0 Å². The molecule has 4 heteroatoms. The normalized spacial score (nSPS) is 11.2. The van der Waals surface area contributed by atoms with E-state index >= 15 is 0 Å². The molecule has 0 aliphatic rings. The summed E-state index contributed by atoms with van der Waals surface area (Å²) in [4.78, 5) is 9.18. The molecule has 4 nitrogen and oxygen atoms in total. The Morgan fingerprint density at radius 1 is 0.577 bits per heavy atom. The number of nitrogens with zero attached hydrogens (tertiary/aromatic N) is 2. The van der Waals surface area contributed by atoms with E-state index in [0.717, 1.165) is 34.0 Å². The van der Waals surface area contributed by atoms with Gasteiger partial charge in [0.2, 0.25) is 0 Å². The van der Waals surface area contributed by atoms with Crippen molar-refractivity contribution in [1.82, 2.24) is 0 Å². The molecule has 3 rings (SSSR count). The molecule has 0 aromatic heterocycles. The predicted molar refractivity (Wildman–Crippen MR) is 107 cm³/mol. The van der Waals surface area contributed by atoms with E-state index in [-0.39, 0.29) is 0 Å². The van der Waals surface area contributed by atoms with Crippen molar-refractivity contribution in [2.75, 3.05) is 14.2 Å². The summed E-state index contributed by atoms with van der Waals surface area (Å²) < 4.78 is 10.7. The van der Waals surface area contributed by atoms with Gasteiger partial charge < -0.3 is 9.47 Å². The Balaban J connectivity index is 1.89. The molecule has 130 valence electrons. The van der Waals surface area contributed by atoms with Gasteiger partial charge in [0.15, 0.2) is 0 Å². The second kappa shape index (κ2) is 8.62. The van der Waals surface area contributed by atoms with E-state index in [0.29, 0.717) is 0 Å². The summed E-state index contributed by atoms with van der Waals surface area (Å²) >= 11 is 0. The first-order chi connectivity index (χ1) is 12.8. The topological polar surface area (TPSA) is 43.2 Å². The predicted octanol–water partition coefficient (Wildman–Crippen LogP) is 5.21. The van der Waals surface area contributed by atoms with Gasteiger partial charge in [-0.15, -0.1) is 0 Å². The number of hydrogen-bond donors (Lipinski definition) is 0. The van der Waals surface area contributed by atoms with Gasteiger partial charge in [0.25, 0.3) is 0 Å². The number of hydrogen-bond acceptors (Lipinski definition) is 4. The van der Waals surface area contributed by atoms with Gasteiger partial charge >= 0.3 is 0 Å². The molecule has 3 aromatic rings. The molecule has 0 radical (unpaired) electrons. The maximum absolute atomic E-state index is 5.36. The largest absolute Gasteiger partial charge is 0.496 e. The minimum atomic E-state index is 0.782. The van der Waals surface area contributed by atoms with E-state index in [9.17, 15) is 0 Å². The Morgan fingerprint density at radius 2 is 0.962 bits per heavy atom. The van der Waals surface area contributed by atoms with Crippen LogP contribution in [0.25, 0.3) is 0 Å². The van der Waals surface area contributed by atoms with Crippen molar-refractivity contribution in [3.8, 4) is 11.5 Å². The van der Waals surface area contributed by atoms with E-state index in [2.05, 4.69) is 9.98 Å². The SMILES string of the molecule is COc1ccccc1C=Nc1ccccc1N=Cc1ccccc1OC. The van der Waals surface area contributed by atoms with Crippen LogP contribution in [0.5, 0.6) is 11.5 Å². The molecule has 0 saturated carbocycles. The molecule has 0 N–H and O–H groups in total. The minimum absolute atomic E-state index is 0.782. The average Bonchev–Trinajstić information content (AvgIpc) is 2.71. The van der Waals surface area contributed by atoms with Gasteiger partial charge in [-0.25, -0.2) is 0 Å². The highest BCUT2D eigenvalue weighted by Gasteiger charge is 2.02. The van der Waals surface area contributed by atoms with Crippen molar-refractivity contribution < 1.29 is 9.47 Å². The van der Waals surface area contributed by atoms with Crippen LogP contribution in [0, 0.1) is 0 Å². The maximum atomic E-state index is 5.36. The molecule has 0 unspecified atom stereocenters. The molecule has 3 aromatic carbocycles. The number of methoxy groups -OCH3 is 2. The van der Waals surface area contributed by atoms with Crippen LogP contribution in [0.3, 0.4) is 0 Å². The molecule has 0 bridgehead atoms. The van der Waals surface area contributed by atoms with Gasteiger partial charge in [0.1, 0.15) is 11.5 Å². The molecule has 0 saturated heterocycles. The van der Waals surface area contributed by atoms with Crippen LogP contribution >= 0.6 is 0 Å². The number of ether oxygens (including phenoxy) is 2. The smallest absolute Gasteiger partial charge is 0.127 e. The third kappa shape index (κ3) is 4.16. The van der Waals surface area contributed by atoms with Crippen LogP contribution < -0.4 is 9.47 Å². The Hall–Kier alpha value is -3.40. The standard InChI is InChI=1S/C22H20N2O2/c1-25-21-13-7-3-9-17(21)15-23-19-11-5-6-12-20(19)24-16-18-10-4-8-14-22(18)26-2/h3-16H,1-2H3. The Morgan fingerprint density at radius 3 is 1.38 bits per heavy atom. The zero-order valence-electron chi connectivity index (χ0n) is 14.8. The van der Waals surface area contributed by atoms with E-state index in [1.54, 1.807) is 26.6 Å². The summed E-state index contributed by atoms with van der Waals surface area (Å²) in [7, 11) is 3.30. The highest BCUT2D eigenvalue weighted by Crippen LogP contribution is 2.28. The first-order valence-corrected chi connectivity index (χ1v) is 8.25. The van der Waals surface area contributed by atoms with Gasteiger partial charge in [0.05, 0.1) is 25.6 Å². The number of benzene rings is 3. The van der Waals surface area contributed by atoms with Crippen molar-refractivity contribution >= 4 is 23.8 Å². The molecule has 26 heavy (non-hydrogen) atoms. The van der Waals surface area contributed by atoms with Gasteiger partial charge in [-0.3, -0.25) is 9.98 Å². The van der Waals surface area contributed by atoms with Crippen molar-refractivity contribution in [2.45, 2.75) is 0 Å². The van der Waals surface area contributed by atoms with Crippen LogP contribution in [0.4, 0.5) is 11.4 Å². The second-order valence-corrected chi connectivity index (χ2v) is 5.49. The van der Waals surface area contributed by atoms with E-state index in [4.69, 9.17) is 9.47 Å². The number of para-hydroxylation sites is 4. The van der Waals surface area contributed by atoms with Crippen molar-refractivity contribution in [3.63, 3.8) is 0 Å². The van der Waals surface area contributed by atoms with Gasteiger partial charge in [-0.2, -0.15) is 0 Å². The summed E-state index contributed by atoms with van der Waals surface area (Å²) in [5.74, 6) is 1.57. The summed E-state index contributed by atoms with van der Waals surface area (Å²) in [6.45, 7) is 0. The molecule has 0 atom stereocenters. The molecule has 0 aliphatic heterocycles. The lowest BCUT2D eigenvalue weighted by Crippen LogP contribution is -1.90. The van der Waals surface area contributed by atoms with Crippen LogP contribution in [0.1, 0.15) is 11.1 Å². The van der Waals surface area contributed by atoms with Crippen LogP contribution in [0.15, 0.2) is 82.8 Å². The molecular formula is C22H20N2O2. The third-order valence-corrected chi connectivity index (χ3v) is 3.85. The maximum Gasteiger partial charge on any atom is 0.127 e. The monoisotopic (exact) mass is 344 g/mol. The van der Waals surface area contributed by atoms with Gasteiger partial charge in [-0.05, 0) is 36.4 Å². The minimum Gasteiger partial charge on any atom is -0.496 e. The highest BCUT2D eigenvalue weighted by molar-refractivity contribution is 5.89. The molecular weight excluding hydrogens is 324 g/mol. The Kier molecular flexibility index (Phi) is 5.78. The number of rotatable bonds is 6. The van der Waals surface area contributed by atoms with Crippen LogP contribution in [-0.4, -0.2) is 26.6 Å². The molecule has 0 spiro atoms. The van der Waals surface area contributed by atoms with Crippen molar-refractivity contribution in [2.24, 2.45) is 9.98 Å². The summed E-state index contributed by atoms with van der Waals surface area (Å²) in [6.07, 6.45) is 3.58. The quantitative estimate of drug-likeness (QED) is 0.577. The lowest BCUT2D eigenvalue weighted by atomic mass is 10.2. The van der Waals surface area contributed by atoms with Crippen molar-refractivity contribution in [3.05, 3.63) is 83.9 Å². The fourth-order valence-electron chi connectivity index (χ4n) is 2.51. The fourth-order valence-corrected chi connectivity index (χ4v) is 2.51. The van der Waals surface area contributed by atoms with Gasteiger partial charge in [-0.1, -0.05) is 36.4 Å². The van der Waals surface area contributed by atoms with E-state index < -0.39 is 0 Å². The molecule has 0 amide bonds. The third-order valence-electron chi connectivity index (χ3n) is 3.85. The lowest BCUT2D eigenvalue weighted by Gasteiger charge is -2.05. The van der Waals surface area contributed by atoms with E-state index in [1.165, 1.54) is 0 Å². The molecule has 0 fully saturated rings. The zero-order valence-corrected chi connectivity index (χ0v) is 14.8. The summed E-state index contributed by atoms with van der Waals surface area (Å²) in [5.41, 5.74) is 3.39. The lowest BCUT2D eigenvalue weighted by molar-refractivity contribution is 0.414. The van der Waals surface area contributed by atoms with Gasteiger partial charge in [0, 0.05) is 23.6 Å². The first kappa shape index (κ1) is 17.4. The molecule has 0 aliphatic carbocycles. The molecule has 0 heterocycles. The first-order valence-electron chi connectivity index (χ1n) is 8.25. The Labute approximate surface area is 153 Å². The average molecular weight is 344 g/mol. The number of aliphatic imine (C=N–C) groups is 2. The highest BCUT2D eigenvalue weighted by atomic mass is 16.5. The second-order valence-electron chi connectivity index (χ2n) is 5.49. The Bertz CT molecular complexity index is 856. The van der Waals surface area contributed by atoms with Crippen LogP contribution in [-0.2, 0) is 0 Å². The summed E-state index contributed by atoms with van der Waals surface area (Å²) in [6, 6.07) is 23.3. The fraction of sp³-hybridized carbons (Fsp3) is 0.0909.